The van der Waals surface area contributed by atoms with E-state index in [2.05, 4.69) is 14.7 Å². The number of pyridine rings is 1. The second-order valence-electron chi connectivity index (χ2n) is 3.98. The summed E-state index contributed by atoms with van der Waals surface area (Å²) in [5.74, 6) is -0.294. The van der Waals surface area contributed by atoms with Gasteiger partial charge >= 0.3 is 6.36 Å². The van der Waals surface area contributed by atoms with Crippen LogP contribution in [0.25, 0.3) is 0 Å². The van der Waals surface area contributed by atoms with Crippen LogP contribution in [0.4, 0.5) is 18.9 Å². The minimum atomic E-state index is -4.71. The van der Waals surface area contributed by atoms with E-state index in [9.17, 15) is 13.2 Å². The maximum atomic E-state index is 12.1. The number of nitrogens with zero attached hydrogens (tertiary/aromatic N) is 2. The van der Waals surface area contributed by atoms with E-state index in [4.69, 9.17) is 0 Å². The lowest BCUT2D eigenvalue weighted by molar-refractivity contribution is -0.274. The number of benzene rings is 1. The molecular weight excluding hydrogens is 269 g/mol. The van der Waals surface area contributed by atoms with E-state index in [0.717, 1.165) is 5.56 Å². The summed E-state index contributed by atoms with van der Waals surface area (Å²) < 4.78 is 40.3. The van der Waals surface area contributed by atoms with Gasteiger partial charge in [0.25, 0.3) is 0 Å². The van der Waals surface area contributed by atoms with Gasteiger partial charge in [0.05, 0.1) is 5.69 Å². The molecule has 0 saturated heterocycles. The highest BCUT2D eigenvalue weighted by Gasteiger charge is 2.31. The van der Waals surface area contributed by atoms with Crippen molar-refractivity contribution in [1.29, 1.82) is 0 Å². The van der Waals surface area contributed by atoms with Crippen molar-refractivity contribution in [2.24, 2.45) is 4.99 Å². The molecule has 0 unspecified atom stereocenters. The van der Waals surface area contributed by atoms with Crippen molar-refractivity contribution in [3.63, 3.8) is 0 Å². The van der Waals surface area contributed by atoms with Gasteiger partial charge < -0.3 is 4.74 Å². The molecular formula is C14H11F3N2O. The summed E-state index contributed by atoms with van der Waals surface area (Å²) in [5, 5.41) is 0. The van der Waals surface area contributed by atoms with Crippen molar-refractivity contribution in [2.75, 3.05) is 0 Å². The Morgan fingerprint density at radius 1 is 1.20 bits per heavy atom. The molecule has 0 amide bonds. The van der Waals surface area contributed by atoms with E-state index in [1.165, 1.54) is 18.2 Å². The van der Waals surface area contributed by atoms with Crippen LogP contribution < -0.4 is 4.74 Å². The van der Waals surface area contributed by atoms with Gasteiger partial charge in [-0.25, -0.2) is 0 Å². The van der Waals surface area contributed by atoms with Crippen LogP contribution in [0.1, 0.15) is 12.5 Å². The maximum Gasteiger partial charge on any atom is 0.573 e. The highest BCUT2D eigenvalue weighted by Crippen LogP contribution is 2.26. The molecule has 1 heterocycles. The summed E-state index contributed by atoms with van der Waals surface area (Å²) in [7, 11) is 0. The van der Waals surface area contributed by atoms with E-state index < -0.39 is 6.36 Å². The lowest BCUT2D eigenvalue weighted by Gasteiger charge is -2.09. The zero-order valence-corrected chi connectivity index (χ0v) is 10.6. The number of rotatable bonds is 3. The molecule has 0 atom stereocenters. The molecule has 0 radical (unpaired) electrons. The van der Waals surface area contributed by atoms with Gasteiger partial charge in [-0.05, 0) is 25.1 Å². The van der Waals surface area contributed by atoms with Crippen LogP contribution in [0.15, 0.2) is 53.8 Å². The fraction of sp³-hybridized carbons (Fsp3) is 0.143. The molecule has 0 fully saturated rings. The Hall–Kier alpha value is -2.37. The Kier molecular flexibility index (Phi) is 4.02. The van der Waals surface area contributed by atoms with E-state index >= 15 is 0 Å². The zero-order chi connectivity index (χ0) is 14.6. The number of alkyl halides is 3. The van der Waals surface area contributed by atoms with Crippen molar-refractivity contribution in [2.45, 2.75) is 13.3 Å². The molecule has 1 aromatic heterocycles. The van der Waals surface area contributed by atoms with Gasteiger partial charge in [-0.3, -0.25) is 9.98 Å². The van der Waals surface area contributed by atoms with E-state index in [1.807, 2.05) is 6.07 Å². The van der Waals surface area contributed by atoms with Crippen LogP contribution in [-0.2, 0) is 0 Å². The smallest absolute Gasteiger partial charge is 0.406 e. The molecule has 20 heavy (non-hydrogen) atoms. The lowest BCUT2D eigenvalue weighted by Crippen LogP contribution is -2.16. The Morgan fingerprint density at radius 3 is 2.65 bits per heavy atom. The first kappa shape index (κ1) is 14.0. The van der Waals surface area contributed by atoms with Gasteiger partial charge in [0.2, 0.25) is 0 Å². The Labute approximate surface area is 113 Å². The first-order chi connectivity index (χ1) is 9.44. The molecule has 6 heteroatoms. The third-order valence-corrected chi connectivity index (χ3v) is 2.43. The highest BCUT2D eigenvalue weighted by atomic mass is 19.4. The van der Waals surface area contributed by atoms with Crippen molar-refractivity contribution < 1.29 is 17.9 Å². The van der Waals surface area contributed by atoms with Gasteiger partial charge in [0.1, 0.15) is 5.75 Å². The third-order valence-electron chi connectivity index (χ3n) is 2.43. The van der Waals surface area contributed by atoms with Gasteiger partial charge in [0, 0.05) is 29.7 Å². The van der Waals surface area contributed by atoms with Crippen LogP contribution in [0.3, 0.4) is 0 Å². The minimum Gasteiger partial charge on any atom is -0.406 e. The summed E-state index contributed by atoms with van der Waals surface area (Å²) in [6.45, 7) is 1.76. The SMILES string of the molecule is CC(=Nc1cccc(OC(F)(F)F)c1)c1cccnc1. The molecule has 104 valence electrons. The van der Waals surface area contributed by atoms with Gasteiger partial charge in [-0.1, -0.05) is 12.1 Å². The molecule has 2 rings (SSSR count). The van der Waals surface area contributed by atoms with Crippen LogP contribution in [0.5, 0.6) is 5.75 Å². The van der Waals surface area contributed by atoms with Crippen LogP contribution >= 0.6 is 0 Å². The summed E-state index contributed by atoms with van der Waals surface area (Å²) in [6.07, 6.45) is -1.44. The Bertz CT molecular complexity index is 609. The summed E-state index contributed by atoms with van der Waals surface area (Å²) in [5.41, 5.74) is 1.84. The van der Waals surface area contributed by atoms with Gasteiger partial charge in [-0.2, -0.15) is 0 Å². The molecule has 0 bridgehead atoms. The number of hydrogen-bond acceptors (Lipinski definition) is 3. The highest BCUT2D eigenvalue weighted by molar-refractivity contribution is 5.99. The third kappa shape index (κ3) is 4.08. The lowest BCUT2D eigenvalue weighted by atomic mass is 10.2. The molecule has 1 aromatic carbocycles. The Morgan fingerprint density at radius 2 is 2.00 bits per heavy atom. The molecule has 0 saturated carbocycles. The molecule has 0 aliphatic carbocycles. The predicted octanol–water partition coefficient (Wildman–Crippen LogP) is 4.12. The van der Waals surface area contributed by atoms with E-state index in [-0.39, 0.29) is 5.75 Å². The van der Waals surface area contributed by atoms with Crippen LogP contribution in [0, 0.1) is 0 Å². The van der Waals surface area contributed by atoms with Crippen molar-refractivity contribution in [1.82, 2.24) is 4.98 Å². The van der Waals surface area contributed by atoms with Crippen molar-refractivity contribution >= 4 is 11.4 Å². The fourth-order valence-corrected chi connectivity index (χ4v) is 1.59. The second kappa shape index (κ2) is 5.73. The molecule has 0 aliphatic heterocycles. The Balaban J connectivity index is 2.24. The van der Waals surface area contributed by atoms with E-state index in [0.29, 0.717) is 11.4 Å². The summed E-state index contributed by atoms with van der Waals surface area (Å²) in [6, 6.07) is 9.10. The van der Waals surface area contributed by atoms with Crippen molar-refractivity contribution in [3.05, 3.63) is 54.4 Å². The number of aromatic nitrogens is 1. The number of ether oxygens (including phenoxy) is 1. The van der Waals surface area contributed by atoms with Gasteiger partial charge in [-0.15, -0.1) is 13.2 Å². The second-order valence-corrected chi connectivity index (χ2v) is 3.98. The van der Waals surface area contributed by atoms with Crippen molar-refractivity contribution in [3.8, 4) is 5.75 Å². The normalized spacial score (nSPS) is 12.3. The first-order valence-electron chi connectivity index (χ1n) is 5.75. The molecule has 0 spiro atoms. The predicted molar refractivity (Wildman–Crippen MR) is 69.2 cm³/mol. The summed E-state index contributed by atoms with van der Waals surface area (Å²) >= 11 is 0. The largest absolute Gasteiger partial charge is 0.573 e. The van der Waals surface area contributed by atoms with E-state index in [1.54, 1.807) is 31.5 Å². The van der Waals surface area contributed by atoms with Crippen LogP contribution in [0.2, 0.25) is 0 Å². The average Bonchev–Trinajstić information content (AvgIpc) is 2.38. The fourth-order valence-electron chi connectivity index (χ4n) is 1.59. The number of halogens is 3. The standard InChI is InChI=1S/C14H11F3N2O/c1-10(11-4-3-7-18-9-11)19-12-5-2-6-13(8-12)20-14(15,16)17/h2-9H,1H3. The number of aliphatic imine (C=N–C) groups is 1. The summed E-state index contributed by atoms with van der Waals surface area (Å²) in [4.78, 5) is 8.21. The van der Waals surface area contributed by atoms with Gasteiger partial charge in [0.15, 0.2) is 0 Å². The average molecular weight is 280 g/mol. The molecule has 3 nitrogen and oxygen atoms in total. The zero-order valence-electron chi connectivity index (χ0n) is 10.6. The number of hydrogen-bond donors (Lipinski definition) is 0. The molecule has 2 aromatic rings. The molecule has 0 aliphatic rings. The monoisotopic (exact) mass is 280 g/mol. The maximum absolute atomic E-state index is 12.1. The first-order valence-corrected chi connectivity index (χ1v) is 5.75. The quantitative estimate of drug-likeness (QED) is 0.792. The minimum absolute atomic E-state index is 0.294. The molecule has 0 N–H and O–H groups in total. The van der Waals surface area contributed by atoms with Crippen LogP contribution in [-0.4, -0.2) is 17.1 Å². The topological polar surface area (TPSA) is 34.5 Å².